The Kier molecular flexibility index (Phi) is 6.66. The summed E-state index contributed by atoms with van der Waals surface area (Å²) < 4.78 is 73.6. The lowest BCUT2D eigenvalue weighted by Crippen LogP contribution is -2.36. The molecule has 0 radical (unpaired) electrons. The van der Waals surface area contributed by atoms with Gasteiger partial charge in [-0.3, -0.25) is 10.1 Å². The van der Waals surface area contributed by atoms with Crippen LogP contribution in [0.4, 0.5) is 29.6 Å². The number of nitrogens with one attached hydrogen (secondary N) is 3. The number of alkyl halides is 3. The minimum atomic E-state index is -5.25. The lowest BCUT2D eigenvalue weighted by Gasteiger charge is -2.13. The molecule has 3 amide bonds. The fourth-order valence-corrected chi connectivity index (χ4v) is 3.04. The van der Waals surface area contributed by atoms with Gasteiger partial charge in [-0.05, 0) is 12.1 Å². The van der Waals surface area contributed by atoms with Crippen molar-refractivity contribution in [1.82, 2.24) is 14.7 Å². The average molecular weight is 449 g/mol. The van der Waals surface area contributed by atoms with Gasteiger partial charge in [-0.2, -0.15) is 23.1 Å². The highest BCUT2D eigenvalue weighted by Crippen LogP contribution is 2.24. The molecule has 0 aliphatic rings. The topological polar surface area (TPSA) is 149 Å². The van der Waals surface area contributed by atoms with Crippen LogP contribution in [0.1, 0.15) is 0 Å². The van der Waals surface area contributed by atoms with Gasteiger partial charge in [0.2, 0.25) is 17.7 Å². The number of ether oxygens (including phenoxy) is 2. The van der Waals surface area contributed by atoms with Gasteiger partial charge in [0.15, 0.2) is 0 Å². The zero-order valence-corrected chi connectivity index (χ0v) is 16.1. The Hall–Kier alpha value is -3.62. The molecule has 0 atom stereocenters. The van der Waals surface area contributed by atoms with Gasteiger partial charge < -0.3 is 14.8 Å². The first-order valence-corrected chi connectivity index (χ1v) is 9.22. The van der Waals surface area contributed by atoms with Gasteiger partial charge in [-0.1, -0.05) is 12.1 Å². The average Bonchev–Trinajstić information content (AvgIpc) is 2.66. The molecule has 0 fully saturated rings. The van der Waals surface area contributed by atoms with Crippen molar-refractivity contribution in [2.24, 2.45) is 0 Å². The number of halogens is 3. The Labute approximate surface area is 167 Å². The number of amides is 3. The van der Waals surface area contributed by atoms with Gasteiger partial charge in [-0.15, -0.1) is 0 Å². The maximum Gasteiger partial charge on any atom is 0.471 e. The predicted molar refractivity (Wildman–Crippen MR) is 95.6 cm³/mol. The number of para-hydroxylation sites is 1. The third kappa shape index (κ3) is 5.69. The van der Waals surface area contributed by atoms with E-state index in [-0.39, 0.29) is 17.7 Å². The van der Waals surface area contributed by atoms with Crippen LogP contribution < -0.4 is 24.8 Å². The Morgan fingerprint density at radius 2 is 1.57 bits per heavy atom. The number of hydrogen-bond donors (Lipinski definition) is 3. The Bertz CT molecular complexity index is 1040. The van der Waals surface area contributed by atoms with Gasteiger partial charge in [0, 0.05) is 0 Å². The highest BCUT2D eigenvalue weighted by atomic mass is 32.2. The smallest absolute Gasteiger partial charge is 0.471 e. The van der Waals surface area contributed by atoms with Crippen LogP contribution in [0.25, 0.3) is 0 Å². The molecular formula is C15H14F3N5O6S. The first-order chi connectivity index (χ1) is 14.0. The monoisotopic (exact) mass is 449 g/mol. The number of benzene rings is 1. The van der Waals surface area contributed by atoms with Crippen LogP contribution in [0, 0.1) is 0 Å². The molecule has 0 aliphatic carbocycles. The third-order valence-electron chi connectivity index (χ3n) is 3.23. The van der Waals surface area contributed by atoms with Crippen LogP contribution in [-0.4, -0.2) is 50.7 Å². The van der Waals surface area contributed by atoms with E-state index in [0.717, 1.165) is 12.1 Å². The first-order valence-electron chi connectivity index (χ1n) is 7.74. The van der Waals surface area contributed by atoms with E-state index in [1.165, 1.54) is 37.7 Å². The molecule has 1 aromatic carbocycles. The van der Waals surface area contributed by atoms with Crippen LogP contribution in [0.5, 0.6) is 11.8 Å². The number of urea groups is 1. The van der Waals surface area contributed by atoms with Crippen molar-refractivity contribution in [2.75, 3.05) is 24.9 Å². The fourth-order valence-electron chi connectivity index (χ4n) is 1.97. The van der Waals surface area contributed by atoms with Gasteiger partial charge in [0.25, 0.3) is 10.0 Å². The minimum absolute atomic E-state index is 0.000200. The first kappa shape index (κ1) is 22.7. The van der Waals surface area contributed by atoms with Crippen molar-refractivity contribution in [1.29, 1.82) is 0 Å². The molecule has 0 spiro atoms. The largest absolute Gasteiger partial charge is 0.481 e. The van der Waals surface area contributed by atoms with E-state index in [9.17, 15) is 31.2 Å². The number of sulfonamides is 1. The standard InChI is InChI=1S/C15H14F3N5O6S/c1-28-10-7-11(29-2)21-13(20-10)22-14(25)23-30(26,27)9-6-4-3-5-8(9)19-12(24)15(16,17)18/h3-7H,1-2H3,(H,19,24)(H2,20,21,22,23,25). The van der Waals surface area contributed by atoms with Gasteiger partial charge in [0.1, 0.15) is 4.90 Å². The Balaban J connectivity index is 2.23. The molecule has 1 heterocycles. The molecular weight excluding hydrogens is 435 g/mol. The molecule has 0 bridgehead atoms. The number of rotatable bonds is 6. The van der Waals surface area contributed by atoms with Crippen LogP contribution >= 0.6 is 0 Å². The van der Waals surface area contributed by atoms with Gasteiger partial charge in [0.05, 0.1) is 26.0 Å². The molecule has 162 valence electrons. The van der Waals surface area contributed by atoms with E-state index in [2.05, 4.69) is 9.97 Å². The summed E-state index contributed by atoms with van der Waals surface area (Å²) >= 11 is 0. The van der Waals surface area contributed by atoms with Crippen molar-refractivity contribution in [3.05, 3.63) is 30.3 Å². The van der Waals surface area contributed by atoms with Gasteiger partial charge >= 0.3 is 18.1 Å². The zero-order valence-electron chi connectivity index (χ0n) is 15.3. The van der Waals surface area contributed by atoms with Crippen molar-refractivity contribution >= 4 is 33.6 Å². The second kappa shape index (κ2) is 8.81. The van der Waals surface area contributed by atoms with Crippen LogP contribution in [-0.2, 0) is 14.8 Å². The number of carbonyl (C=O) groups is 2. The molecule has 15 heteroatoms. The van der Waals surface area contributed by atoms with Crippen molar-refractivity contribution in [3.8, 4) is 11.8 Å². The van der Waals surface area contributed by atoms with Crippen LogP contribution in [0.15, 0.2) is 35.2 Å². The summed E-state index contributed by atoms with van der Waals surface area (Å²) in [4.78, 5) is 29.9. The Morgan fingerprint density at radius 3 is 2.10 bits per heavy atom. The quantitative estimate of drug-likeness (QED) is 0.601. The minimum Gasteiger partial charge on any atom is -0.481 e. The number of hydrogen-bond acceptors (Lipinski definition) is 8. The highest BCUT2D eigenvalue weighted by molar-refractivity contribution is 7.90. The summed E-state index contributed by atoms with van der Waals surface area (Å²) in [6.45, 7) is 0. The Morgan fingerprint density at radius 1 is 1.00 bits per heavy atom. The fraction of sp³-hybridized carbons (Fsp3) is 0.200. The number of nitrogens with zero attached hydrogens (tertiary/aromatic N) is 2. The van der Waals surface area contributed by atoms with E-state index in [1.54, 1.807) is 4.72 Å². The number of methoxy groups -OCH3 is 2. The summed E-state index contributed by atoms with van der Waals surface area (Å²) in [5.41, 5.74) is -0.681. The molecule has 11 nitrogen and oxygen atoms in total. The number of anilines is 2. The molecule has 0 saturated carbocycles. The highest BCUT2D eigenvalue weighted by Gasteiger charge is 2.39. The van der Waals surface area contributed by atoms with Crippen molar-refractivity contribution in [2.45, 2.75) is 11.1 Å². The lowest BCUT2D eigenvalue weighted by atomic mass is 10.3. The molecule has 0 saturated heterocycles. The third-order valence-corrected chi connectivity index (χ3v) is 4.62. The molecule has 3 N–H and O–H groups in total. The van der Waals surface area contributed by atoms with Crippen molar-refractivity contribution in [3.63, 3.8) is 0 Å². The summed E-state index contributed by atoms with van der Waals surface area (Å²) in [5.74, 6) is -2.76. The van der Waals surface area contributed by atoms with Gasteiger partial charge in [-0.25, -0.2) is 17.9 Å². The molecule has 30 heavy (non-hydrogen) atoms. The van der Waals surface area contributed by atoms with Crippen LogP contribution in [0.3, 0.4) is 0 Å². The SMILES string of the molecule is COc1cc(OC)nc(NC(=O)NS(=O)(=O)c2ccccc2NC(=O)C(F)(F)F)n1. The van der Waals surface area contributed by atoms with Crippen LogP contribution in [0.2, 0.25) is 0 Å². The predicted octanol–water partition coefficient (Wildman–Crippen LogP) is 1.51. The summed E-state index contributed by atoms with van der Waals surface area (Å²) in [7, 11) is -2.13. The number of aromatic nitrogens is 2. The second-order valence-electron chi connectivity index (χ2n) is 5.28. The van der Waals surface area contributed by atoms with E-state index in [4.69, 9.17) is 9.47 Å². The van der Waals surface area contributed by atoms with E-state index in [0.29, 0.717) is 0 Å². The number of carbonyl (C=O) groups excluding carboxylic acids is 2. The lowest BCUT2D eigenvalue weighted by molar-refractivity contribution is -0.167. The molecule has 2 aromatic rings. The summed E-state index contributed by atoms with van der Waals surface area (Å²) in [6.07, 6.45) is -5.25. The molecule has 0 aliphatic heterocycles. The molecule has 2 rings (SSSR count). The van der Waals surface area contributed by atoms with E-state index >= 15 is 0 Å². The second-order valence-corrected chi connectivity index (χ2v) is 6.93. The van der Waals surface area contributed by atoms with Crippen molar-refractivity contribution < 1.29 is 40.7 Å². The molecule has 1 aromatic heterocycles. The van der Waals surface area contributed by atoms with E-state index < -0.39 is 38.7 Å². The normalized spacial score (nSPS) is 11.4. The maximum atomic E-state index is 12.5. The molecule has 0 unspecified atom stereocenters. The van der Waals surface area contributed by atoms with E-state index in [1.807, 2.05) is 5.32 Å². The summed E-state index contributed by atoms with van der Waals surface area (Å²) in [5, 5.41) is 3.46. The maximum absolute atomic E-state index is 12.5. The summed E-state index contributed by atoms with van der Waals surface area (Å²) in [6, 6.07) is 4.16. The zero-order chi connectivity index (χ0) is 22.5.